The molecule has 0 aliphatic carbocycles. The first kappa shape index (κ1) is 10.0. The summed E-state index contributed by atoms with van der Waals surface area (Å²) in [6, 6.07) is 1.84. The van der Waals surface area contributed by atoms with Gasteiger partial charge in [0.05, 0.1) is 36.5 Å². The Labute approximate surface area is 97.3 Å². The van der Waals surface area contributed by atoms with Gasteiger partial charge in [-0.2, -0.15) is 5.10 Å². The maximum atomic E-state index is 10.2. The van der Waals surface area contributed by atoms with Gasteiger partial charge >= 0.3 is 0 Å². The van der Waals surface area contributed by atoms with Crippen LogP contribution >= 0.6 is 0 Å². The number of aliphatic hydroxyl groups is 1. The van der Waals surface area contributed by atoms with E-state index in [4.69, 9.17) is 4.42 Å². The van der Waals surface area contributed by atoms with Crippen molar-refractivity contribution in [2.45, 2.75) is 12.5 Å². The van der Waals surface area contributed by atoms with Gasteiger partial charge in [0, 0.05) is 24.4 Å². The molecule has 0 saturated heterocycles. The van der Waals surface area contributed by atoms with Crippen LogP contribution in [-0.4, -0.2) is 19.7 Å². The van der Waals surface area contributed by atoms with Gasteiger partial charge in [-0.25, -0.2) is 4.52 Å². The molecule has 0 aromatic carbocycles. The van der Waals surface area contributed by atoms with Crippen molar-refractivity contribution in [1.29, 1.82) is 0 Å². The zero-order valence-corrected chi connectivity index (χ0v) is 9.02. The van der Waals surface area contributed by atoms with Crippen LogP contribution in [-0.2, 0) is 6.42 Å². The third kappa shape index (κ3) is 1.81. The molecule has 3 heterocycles. The van der Waals surface area contributed by atoms with E-state index in [0.29, 0.717) is 6.42 Å². The molecule has 0 fully saturated rings. The number of hydrogen-bond acceptors (Lipinski definition) is 4. The lowest BCUT2D eigenvalue weighted by molar-refractivity contribution is 0.179. The number of hydrogen-bond donors (Lipinski definition) is 1. The molecule has 1 N–H and O–H groups in total. The molecule has 5 heteroatoms. The van der Waals surface area contributed by atoms with Crippen molar-refractivity contribution < 1.29 is 9.52 Å². The summed E-state index contributed by atoms with van der Waals surface area (Å²) in [7, 11) is 0. The normalized spacial score (nSPS) is 13.0. The molecule has 0 aliphatic rings. The van der Waals surface area contributed by atoms with E-state index in [9.17, 15) is 5.11 Å². The Morgan fingerprint density at radius 3 is 3.18 bits per heavy atom. The van der Waals surface area contributed by atoms with Crippen molar-refractivity contribution in [2.75, 3.05) is 0 Å². The predicted octanol–water partition coefficient (Wildman–Crippen LogP) is 1.60. The molecular weight excluding hydrogens is 218 g/mol. The Morgan fingerprint density at radius 1 is 1.41 bits per heavy atom. The Kier molecular flexibility index (Phi) is 2.38. The Morgan fingerprint density at radius 2 is 2.35 bits per heavy atom. The molecule has 0 radical (unpaired) electrons. The quantitative estimate of drug-likeness (QED) is 0.740. The zero-order valence-electron chi connectivity index (χ0n) is 9.02. The maximum absolute atomic E-state index is 10.2. The highest BCUT2D eigenvalue weighted by Gasteiger charge is 2.14. The molecule has 0 spiro atoms. The number of aliphatic hydroxyl groups excluding tert-OH is 1. The van der Waals surface area contributed by atoms with Crippen LogP contribution in [0.15, 0.2) is 47.8 Å². The molecule has 1 unspecified atom stereocenters. The average molecular weight is 229 g/mol. The topological polar surface area (TPSA) is 63.6 Å². The number of rotatable bonds is 3. The van der Waals surface area contributed by atoms with Gasteiger partial charge < -0.3 is 9.52 Å². The van der Waals surface area contributed by atoms with Crippen LogP contribution in [0.2, 0.25) is 0 Å². The number of nitrogens with zero attached hydrogens (tertiary/aromatic N) is 3. The van der Waals surface area contributed by atoms with Crippen molar-refractivity contribution in [3.05, 3.63) is 54.5 Å². The first-order valence-corrected chi connectivity index (χ1v) is 5.31. The predicted molar refractivity (Wildman–Crippen MR) is 60.4 cm³/mol. The van der Waals surface area contributed by atoms with Crippen molar-refractivity contribution >= 4 is 5.52 Å². The summed E-state index contributed by atoms with van der Waals surface area (Å²) in [6.45, 7) is 0. The number of fused-ring (bicyclic) bond motifs is 1. The molecule has 0 saturated carbocycles. The Bertz CT molecular complexity index is 616. The molecule has 0 aliphatic heterocycles. The smallest absolute Gasteiger partial charge is 0.0935 e. The van der Waals surface area contributed by atoms with Crippen molar-refractivity contribution in [3.8, 4) is 0 Å². The lowest BCUT2D eigenvalue weighted by Gasteiger charge is -2.07. The summed E-state index contributed by atoms with van der Waals surface area (Å²) >= 11 is 0. The van der Waals surface area contributed by atoms with Gasteiger partial charge in [0.15, 0.2) is 0 Å². The molecule has 5 nitrogen and oxygen atoms in total. The number of furan rings is 1. The molecule has 86 valence electrons. The fourth-order valence-electron chi connectivity index (χ4n) is 1.85. The van der Waals surface area contributed by atoms with Gasteiger partial charge in [0.1, 0.15) is 0 Å². The Hall–Kier alpha value is -2.14. The van der Waals surface area contributed by atoms with E-state index >= 15 is 0 Å². The van der Waals surface area contributed by atoms with Crippen LogP contribution < -0.4 is 0 Å². The van der Waals surface area contributed by atoms with Gasteiger partial charge in [0.2, 0.25) is 0 Å². The van der Waals surface area contributed by atoms with Gasteiger partial charge in [-0.3, -0.25) is 4.98 Å². The van der Waals surface area contributed by atoms with Crippen molar-refractivity contribution in [1.82, 2.24) is 14.6 Å². The molecule has 3 rings (SSSR count). The van der Waals surface area contributed by atoms with Gasteiger partial charge in [-0.1, -0.05) is 0 Å². The van der Waals surface area contributed by atoms with Crippen LogP contribution in [0.4, 0.5) is 0 Å². The summed E-state index contributed by atoms with van der Waals surface area (Å²) in [5.41, 5.74) is 2.56. The lowest BCUT2D eigenvalue weighted by Crippen LogP contribution is -2.00. The summed E-state index contributed by atoms with van der Waals surface area (Å²) in [5.74, 6) is 0. The highest BCUT2D eigenvalue weighted by molar-refractivity contribution is 5.52. The zero-order chi connectivity index (χ0) is 11.7. The van der Waals surface area contributed by atoms with E-state index < -0.39 is 6.10 Å². The average Bonchev–Trinajstić information content (AvgIpc) is 2.96. The molecular formula is C12H11N3O2. The molecule has 1 atom stereocenters. The van der Waals surface area contributed by atoms with E-state index in [1.807, 2.05) is 6.07 Å². The molecule has 0 bridgehead atoms. The summed E-state index contributed by atoms with van der Waals surface area (Å²) in [6.07, 6.45) is 9.91. The highest BCUT2D eigenvalue weighted by atomic mass is 16.3. The third-order valence-electron chi connectivity index (χ3n) is 2.72. The second-order valence-corrected chi connectivity index (χ2v) is 3.86. The van der Waals surface area contributed by atoms with E-state index in [1.165, 1.54) is 0 Å². The summed E-state index contributed by atoms with van der Waals surface area (Å²) in [4.78, 5) is 4.03. The van der Waals surface area contributed by atoms with E-state index in [0.717, 1.165) is 16.6 Å². The largest absolute Gasteiger partial charge is 0.472 e. The van der Waals surface area contributed by atoms with Crippen LogP contribution in [0, 0.1) is 0 Å². The fourth-order valence-corrected chi connectivity index (χ4v) is 1.85. The lowest BCUT2D eigenvalue weighted by atomic mass is 10.1. The van der Waals surface area contributed by atoms with E-state index in [1.54, 1.807) is 41.8 Å². The second kappa shape index (κ2) is 4.03. The van der Waals surface area contributed by atoms with Crippen molar-refractivity contribution in [2.24, 2.45) is 0 Å². The van der Waals surface area contributed by atoms with Crippen LogP contribution in [0.5, 0.6) is 0 Å². The highest BCUT2D eigenvalue weighted by Crippen LogP contribution is 2.22. The van der Waals surface area contributed by atoms with Crippen LogP contribution in [0.25, 0.3) is 5.52 Å². The first-order chi connectivity index (χ1) is 8.34. The minimum Gasteiger partial charge on any atom is -0.472 e. The first-order valence-electron chi connectivity index (χ1n) is 5.31. The van der Waals surface area contributed by atoms with Crippen LogP contribution in [0.1, 0.15) is 17.2 Å². The minimum absolute atomic E-state index is 0.507. The molecule has 17 heavy (non-hydrogen) atoms. The van der Waals surface area contributed by atoms with Gasteiger partial charge in [-0.15, -0.1) is 0 Å². The monoisotopic (exact) mass is 229 g/mol. The Balaban J connectivity index is 1.93. The standard InChI is InChI=1S/C12H11N3O2/c16-12(5-9-1-4-17-8-9)10-6-14-15-3-2-13-7-11(10)15/h1-4,6-8,12,16H,5H2. The van der Waals surface area contributed by atoms with Crippen LogP contribution in [0.3, 0.4) is 0 Å². The molecule has 0 amide bonds. The van der Waals surface area contributed by atoms with Crippen molar-refractivity contribution in [3.63, 3.8) is 0 Å². The molecule has 3 aromatic rings. The van der Waals surface area contributed by atoms with Gasteiger partial charge in [-0.05, 0) is 11.6 Å². The third-order valence-corrected chi connectivity index (χ3v) is 2.72. The molecule has 3 aromatic heterocycles. The summed E-state index contributed by atoms with van der Waals surface area (Å²) < 4.78 is 6.67. The minimum atomic E-state index is -0.603. The second-order valence-electron chi connectivity index (χ2n) is 3.86. The maximum Gasteiger partial charge on any atom is 0.0935 e. The number of aromatic nitrogens is 3. The van der Waals surface area contributed by atoms with E-state index in [2.05, 4.69) is 10.1 Å². The van der Waals surface area contributed by atoms with E-state index in [-0.39, 0.29) is 0 Å². The summed E-state index contributed by atoms with van der Waals surface area (Å²) in [5, 5.41) is 14.3. The SMILES string of the molecule is OC(Cc1ccoc1)c1cnn2ccncc12. The fraction of sp³-hybridized carbons (Fsp3) is 0.167. The van der Waals surface area contributed by atoms with Gasteiger partial charge in [0.25, 0.3) is 0 Å².